The molecule has 0 aromatic rings. The quantitative estimate of drug-likeness (QED) is 0.543. The van der Waals surface area contributed by atoms with Gasteiger partial charge in [-0.2, -0.15) is 0 Å². The van der Waals surface area contributed by atoms with Crippen LogP contribution in [0.1, 0.15) is 40.0 Å². The van der Waals surface area contributed by atoms with Gasteiger partial charge in [-0.3, -0.25) is 0 Å². The number of hydrogen-bond acceptors (Lipinski definition) is 4. The highest BCUT2D eigenvalue weighted by Gasteiger charge is 2.48. The van der Waals surface area contributed by atoms with E-state index in [0.29, 0.717) is 6.54 Å². The number of hydrogen-bond donors (Lipinski definition) is 0. The van der Waals surface area contributed by atoms with Gasteiger partial charge < -0.3 is 0 Å². The van der Waals surface area contributed by atoms with Gasteiger partial charge in [0.1, 0.15) is 0 Å². The van der Waals surface area contributed by atoms with Crippen LogP contribution in [0, 0.1) is 10.8 Å². The molecule has 1 aliphatic carbocycles. The minimum absolute atomic E-state index is 0.0226. The molecular weight excluding hydrogens is 204 g/mol. The monoisotopic (exact) mass is 222 g/mol. The van der Waals surface area contributed by atoms with E-state index in [1.807, 2.05) is 0 Å². The van der Waals surface area contributed by atoms with Crippen molar-refractivity contribution >= 4 is 12.2 Å². The minimum Gasteiger partial charge on any atom is -0.211 e. The van der Waals surface area contributed by atoms with Crippen molar-refractivity contribution in [2.75, 3.05) is 6.54 Å². The maximum atomic E-state index is 10.4. The lowest BCUT2D eigenvalue weighted by atomic mass is 9.56. The van der Waals surface area contributed by atoms with Crippen molar-refractivity contribution in [2.45, 2.75) is 46.1 Å². The van der Waals surface area contributed by atoms with E-state index in [0.717, 1.165) is 19.3 Å². The van der Waals surface area contributed by atoms with Crippen LogP contribution in [0.4, 0.5) is 0 Å². The summed E-state index contributed by atoms with van der Waals surface area (Å²) < 4.78 is 0. The van der Waals surface area contributed by atoms with Crippen molar-refractivity contribution in [3.05, 3.63) is 0 Å². The van der Waals surface area contributed by atoms with Gasteiger partial charge in [-0.1, -0.05) is 27.2 Å². The van der Waals surface area contributed by atoms with Gasteiger partial charge in [-0.15, -0.1) is 0 Å². The Balaban J connectivity index is 3.00. The molecule has 0 heterocycles. The van der Waals surface area contributed by atoms with Crippen molar-refractivity contribution in [3.8, 4) is 0 Å². The summed E-state index contributed by atoms with van der Waals surface area (Å²) in [5.41, 5.74) is -0.253. The molecule has 0 N–H and O–H groups in total. The number of carbonyl (C=O) groups excluding carboxylic acids is 2. The molecule has 1 fully saturated rings. The average molecular weight is 222 g/mol. The summed E-state index contributed by atoms with van der Waals surface area (Å²) in [4.78, 5) is 28.2. The highest BCUT2D eigenvalue weighted by Crippen LogP contribution is 2.51. The predicted octanol–water partition coefficient (Wildman–Crippen LogP) is 2.24. The van der Waals surface area contributed by atoms with Gasteiger partial charge in [0.15, 0.2) is 0 Å². The fourth-order valence-corrected chi connectivity index (χ4v) is 2.55. The lowest BCUT2D eigenvalue weighted by Gasteiger charge is -2.50. The Kier molecular flexibility index (Phi) is 3.79. The number of rotatable bonds is 3. The zero-order chi connectivity index (χ0) is 12.2. The Morgan fingerprint density at radius 2 is 1.94 bits per heavy atom. The molecule has 4 heteroatoms. The normalized spacial score (nSPS) is 32.3. The van der Waals surface area contributed by atoms with E-state index in [4.69, 9.17) is 0 Å². The summed E-state index contributed by atoms with van der Waals surface area (Å²) in [7, 11) is 0. The first-order valence-electron chi connectivity index (χ1n) is 5.58. The van der Waals surface area contributed by atoms with Gasteiger partial charge in [0, 0.05) is 0 Å². The maximum absolute atomic E-state index is 10.4. The van der Waals surface area contributed by atoms with Crippen molar-refractivity contribution in [2.24, 2.45) is 20.8 Å². The average Bonchev–Trinajstić information content (AvgIpc) is 2.23. The van der Waals surface area contributed by atoms with Crippen LogP contribution in [0.2, 0.25) is 0 Å². The summed E-state index contributed by atoms with van der Waals surface area (Å²) in [6.45, 7) is 6.71. The summed E-state index contributed by atoms with van der Waals surface area (Å²) in [5, 5.41) is 0. The fraction of sp³-hybridized carbons (Fsp3) is 0.833. The lowest BCUT2D eigenvalue weighted by Crippen LogP contribution is -2.48. The smallest absolute Gasteiger partial charge is 0.211 e. The van der Waals surface area contributed by atoms with E-state index in [9.17, 15) is 9.59 Å². The Labute approximate surface area is 95.9 Å². The molecule has 0 saturated heterocycles. The Morgan fingerprint density at radius 3 is 2.50 bits per heavy atom. The minimum atomic E-state index is -0.150. The highest BCUT2D eigenvalue weighted by molar-refractivity contribution is 5.35. The second-order valence-electron chi connectivity index (χ2n) is 5.32. The third-order valence-corrected chi connectivity index (χ3v) is 4.30. The summed E-state index contributed by atoms with van der Waals surface area (Å²) in [5.74, 6) is 0. The van der Waals surface area contributed by atoms with Gasteiger partial charge in [0.25, 0.3) is 0 Å². The zero-order valence-electron chi connectivity index (χ0n) is 10.1. The van der Waals surface area contributed by atoms with Crippen LogP contribution in [0.3, 0.4) is 0 Å². The van der Waals surface area contributed by atoms with E-state index in [-0.39, 0.29) is 16.9 Å². The molecule has 0 amide bonds. The molecule has 2 atom stereocenters. The summed E-state index contributed by atoms with van der Waals surface area (Å²) in [6.07, 6.45) is 6.15. The zero-order valence-corrected chi connectivity index (χ0v) is 10.1. The van der Waals surface area contributed by atoms with Crippen LogP contribution in [0.25, 0.3) is 0 Å². The van der Waals surface area contributed by atoms with E-state index in [2.05, 4.69) is 30.8 Å². The second kappa shape index (κ2) is 4.73. The molecule has 4 nitrogen and oxygen atoms in total. The highest BCUT2D eigenvalue weighted by atomic mass is 16.1. The van der Waals surface area contributed by atoms with Crippen molar-refractivity contribution in [3.63, 3.8) is 0 Å². The largest absolute Gasteiger partial charge is 0.235 e. The molecule has 1 saturated carbocycles. The molecular formula is C12H18N2O2. The molecule has 0 radical (unpaired) electrons. The van der Waals surface area contributed by atoms with E-state index >= 15 is 0 Å². The Hall–Kier alpha value is -1.24. The van der Waals surface area contributed by atoms with Gasteiger partial charge in [0.2, 0.25) is 12.2 Å². The van der Waals surface area contributed by atoms with E-state index in [1.54, 1.807) is 12.2 Å². The van der Waals surface area contributed by atoms with Crippen LogP contribution in [0.15, 0.2) is 9.98 Å². The van der Waals surface area contributed by atoms with Gasteiger partial charge in [0.05, 0.1) is 12.6 Å². The molecule has 1 aliphatic rings. The number of nitrogens with zero attached hydrogens (tertiary/aromatic N) is 2. The third-order valence-electron chi connectivity index (χ3n) is 4.30. The maximum Gasteiger partial charge on any atom is 0.235 e. The van der Waals surface area contributed by atoms with Gasteiger partial charge in [-0.05, 0) is 23.7 Å². The molecule has 1 rings (SSSR count). The van der Waals surface area contributed by atoms with Crippen LogP contribution in [-0.4, -0.2) is 24.7 Å². The molecule has 0 bridgehead atoms. The fourth-order valence-electron chi connectivity index (χ4n) is 2.55. The van der Waals surface area contributed by atoms with E-state index in [1.165, 1.54) is 0 Å². The molecule has 0 unspecified atom stereocenters. The summed E-state index contributed by atoms with van der Waals surface area (Å²) >= 11 is 0. The van der Waals surface area contributed by atoms with Crippen LogP contribution in [0.5, 0.6) is 0 Å². The number of aliphatic imine (C=N–C) groups is 2. The van der Waals surface area contributed by atoms with Gasteiger partial charge in [-0.25, -0.2) is 19.6 Å². The van der Waals surface area contributed by atoms with Crippen LogP contribution >= 0.6 is 0 Å². The first-order valence-corrected chi connectivity index (χ1v) is 5.58. The third kappa shape index (κ3) is 2.13. The van der Waals surface area contributed by atoms with Crippen molar-refractivity contribution in [1.29, 1.82) is 0 Å². The number of isocyanates is 2. The standard InChI is InChI=1S/C12H18N2O2/c1-11(2)10(14-9-16)5-4-6-12(11,3)7-13-8-15/h10H,4-7H2,1-3H3/t10-,12+/m0/s1. The molecule has 0 spiro atoms. The Bertz CT molecular complexity index is 349. The topological polar surface area (TPSA) is 58.9 Å². The van der Waals surface area contributed by atoms with Crippen LogP contribution in [-0.2, 0) is 9.59 Å². The summed E-state index contributed by atoms with van der Waals surface area (Å²) in [6, 6.07) is -0.0226. The molecule has 0 aliphatic heterocycles. The molecule has 16 heavy (non-hydrogen) atoms. The van der Waals surface area contributed by atoms with E-state index < -0.39 is 0 Å². The van der Waals surface area contributed by atoms with Crippen LogP contribution < -0.4 is 0 Å². The van der Waals surface area contributed by atoms with Gasteiger partial charge >= 0.3 is 0 Å². The second-order valence-corrected chi connectivity index (χ2v) is 5.32. The first-order chi connectivity index (χ1) is 7.48. The predicted molar refractivity (Wildman–Crippen MR) is 60.6 cm³/mol. The lowest BCUT2D eigenvalue weighted by molar-refractivity contribution is 0.0228. The van der Waals surface area contributed by atoms with Crippen molar-refractivity contribution in [1.82, 2.24) is 0 Å². The SMILES string of the molecule is CC1(C)[C@@H](N=C=O)CCC[C@]1(C)CN=C=O. The molecule has 88 valence electrons. The molecule has 0 aromatic heterocycles. The Morgan fingerprint density at radius 1 is 1.25 bits per heavy atom. The molecule has 0 aromatic carbocycles. The van der Waals surface area contributed by atoms with Crippen molar-refractivity contribution < 1.29 is 9.59 Å². The first kappa shape index (κ1) is 12.8.